The van der Waals surface area contributed by atoms with Crippen molar-refractivity contribution in [2.45, 2.75) is 39.9 Å². The summed E-state index contributed by atoms with van der Waals surface area (Å²) >= 11 is 0. The zero-order chi connectivity index (χ0) is 23.3. The molecule has 0 aromatic heterocycles. The number of rotatable bonds is 8. The second-order valence-corrected chi connectivity index (χ2v) is 6.69. The maximum absolute atomic E-state index is 13.3. The van der Waals surface area contributed by atoms with Crippen molar-refractivity contribution >= 4 is 11.9 Å². The summed E-state index contributed by atoms with van der Waals surface area (Å²) in [5.41, 5.74) is -2.18. The summed E-state index contributed by atoms with van der Waals surface area (Å²) < 4.78 is 89.2. The Morgan fingerprint density at radius 2 is 0.968 bits per heavy atom. The van der Waals surface area contributed by atoms with E-state index in [1.54, 1.807) is 0 Å². The van der Waals surface area contributed by atoms with Crippen molar-refractivity contribution in [2.75, 3.05) is 0 Å². The number of halogens is 6. The summed E-state index contributed by atoms with van der Waals surface area (Å²) in [6.45, 7) is 1.69. The molecule has 0 atom stereocenters. The van der Waals surface area contributed by atoms with E-state index in [2.05, 4.69) is 0 Å². The van der Waals surface area contributed by atoms with Crippen molar-refractivity contribution in [1.29, 1.82) is 0 Å². The van der Waals surface area contributed by atoms with Crippen molar-refractivity contribution in [3.8, 4) is 0 Å². The molecular formula is C21H18F6O4. The average molecular weight is 448 g/mol. The third-order valence-corrected chi connectivity index (χ3v) is 4.82. The van der Waals surface area contributed by atoms with Gasteiger partial charge < -0.3 is 9.47 Å². The van der Waals surface area contributed by atoms with Crippen LogP contribution in [0.2, 0.25) is 0 Å². The Bertz CT molecular complexity index is 866. The molecular weight excluding hydrogens is 430 g/mol. The fraction of sp³-hybridized carbons (Fsp3) is 0.333. The Morgan fingerprint density at radius 1 is 0.677 bits per heavy atom. The Balaban J connectivity index is 2.12. The molecule has 2 rings (SSSR count). The zero-order valence-corrected chi connectivity index (χ0v) is 16.5. The van der Waals surface area contributed by atoms with Crippen LogP contribution >= 0.6 is 0 Å². The molecule has 10 heteroatoms. The lowest BCUT2D eigenvalue weighted by Crippen LogP contribution is -2.41. The highest BCUT2D eigenvalue weighted by atomic mass is 19.2. The predicted octanol–water partition coefficient (Wildman–Crippen LogP) is 5.11. The van der Waals surface area contributed by atoms with Gasteiger partial charge in [0.15, 0.2) is 40.3 Å². The van der Waals surface area contributed by atoms with Gasteiger partial charge in [-0.15, -0.1) is 0 Å². The van der Waals surface area contributed by atoms with E-state index < -0.39 is 65.5 Å². The van der Waals surface area contributed by atoms with Gasteiger partial charge in [-0.25, -0.2) is 26.3 Å². The first-order valence-electron chi connectivity index (χ1n) is 9.17. The first-order chi connectivity index (χ1) is 14.5. The number of benzene rings is 2. The second kappa shape index (κ2) is 9.84. The molecule has 31 heavy (non-hydrogen) atoms. The van der Waals surface area contributed by atoms with Crippen LogP contribution in [-0.2, 0) is 32.3 Å². The van der Waals surface area contributed by atoms with Gasteiger partial charge in [0.05, 0.1) is 0 Å². The minimum atomic E-state index is -1.81. The fourth-order valence-corrected chi connectivity index (χ4v) is 2.87. The maximum Gasteiger partial charge on any atom is 0.323 e. The van der Waals surface area contributed by atoms with Crippen LogP contribution in [0.3, 0.4) is 0 Å². The fourth-order valence-electron chi connectivity index (χ4n) is 2.87. The molecule has 0 saturated carbocycles. The minimum absolute atomic E-state index is 0.0839. The Kier molecular flexibility index (Phi) is 7.70. The lowest BCUT2D eigenvalue weighted by Gasteiger charge is -2.27. The Morgan fingerprint density at radius 3 is 1.23 bits per heavy atom. The third kappa shape index (κ3) is 5.18. The molecule has 2 aromatic carbocycles. The van der Waals surface area contributed by atoms with Crippen molar-refractivity contribution < 1.29 is 45.4 Å². The highest BCUT2D eigenvalue weighted by molar-refractivity contribution is 6.00. The van der Waals surface area contributed by atoms with E-state index in [0.29, 0.717) is 24.3 Å². The second-order valence-electron chi connectivity index (χ2n) is 6.69. The smallest absolute Gasteiger partial charge is 0.323 e. The van der Waals surface area contributed by atoms with Crippen LogP contribution in [0.5, 0.6) is 0 Å². The molecule has 2 aromatic rings. The van der Waals surface area contributed by atoms with Crippen LogP contribution in [-0.4, -0.2) is 11.9 Å². The molecule has 0 N–H and O–H groups in total. The van der Waals surface area contributed by atoms with Crippen LogP contribution in [0.25, 0.3) is 0 Å². The zero-order valence-electron chi connectivity index (χ0n) is 16.5. The molecule has 0 heterocycles. The van der Waals surface area contributed by atoms with Gasteiger partial charge >= 0.3 is 11.9 Å². The van der Waals surface area contributed by atoms with Crippen LogP contribution in [0.4, 0.5) is 26.3 Å². The molecule has 0 spiro atoms. The standard InChI is InChI=1S/C21H18F6O4/c1-3-21(4-2,19(28)30-9-11-5-13(22)17(26)14(23)6-11)20(29)31-10-12-7-15(24)18(27)16(25)8-12/h5-8H,3-4,9-10H2,1-2H3. The first kappa shape index (κ1) is 24.2. The van der Waals surface area contributed by atoms with E-state index in [1.165, 1.54) is 13.8 Å². The van der Waals surface area contributed by atoms with E-state index in [4.69, 9.17) is 9.47 Å². The summed E-state index contributed by atoms with van der Waals surface area (Å²) in [6.07, 6.45) is -0.168. The number of hydrogen-bond donors (Lipinski definition) is 0. The number of carbonyl (C=O) groups is 2. The van der Waals surface area contributed by atoms with E-state index in [1.807, 2.05) is 0 Å². The predicted molar refractivity (Wildman–Crippen MR) is 95.2 cm³/mol. The summed E-state index contributed by atoms with van der Waals surface area (Å²) in [5, 5.41) is 0. The number of carbonyl (C=O) groups excluding carboxylic acids is 2. The molecule has 0 bridgehead atoms. The van der Waals surface area contributed by atoms with Gasteiger partial charge in [-0.2, -0.15) is 0 Å². The first-order valence-corrected chi connectivity index (χ1v) is 9.17. The molecule has 4 nitrogen and oxygen atoms in total. The van der Waals surface area contributed by atoms with Crippen molar-refractivity contribution in [3.63, 3.8) is 0 Å². The molecule has 0 saturated heterocycles. The van der Waals surface area contributed by atoms with Gasteiger partial charge in [0.25, 0.3) is 0 Å². The number of hydrogen-bond acceptors (Lipinski definition) is 4. The van der Waals surface area contributed by atoms with Gasteiger partial charge in [-0.1, -0.05) is 13.8 Å². The monoisotopic (exact) mass is 448 g/mol. The van der Waals surface area contributed by atoms with Crippen molar-refractivity contribution in [2.24, 2.45) is 5.41 Å². The van der Waals surface area contributed by atoms with Gasteiger partial charge in [-0.3, -0.25) is 9.59 Å². The lowest BCUT2D eigenvalue weighted by atomic mass is 9.82. The minimum Gasteiger partial charge on any atom is -0.460 e. The molecule has 0 amide bonds. The van der Waals surface area contributed by atoms with Crippen molar-refractivity contribution in [3.05, 3.63) is 70.3 Å². The van der Waals surface area contributed by atoms with Crippen LogP contribution < -0.4 is 0 Å². The molecule has 0 unspecified atom stereocenters. The number of esters is 2. The van der Waals surface area contributed by atoms with Crippen LogP contribution in [0, 0.1) is 40.3 Å². The molecule has 168 valence electrons. The highest BCUT2D eigenvalue weighted by Gasteiger charge is 2.46. The highest BCUT2D eigenvalue weighted by Crippen LogP contribution is 2.31. The van der Waals surface area contributed by atoms with E-state index in [0.717, 1.165) is 0 Å². The number of ether oxygens (including phenoxy) is 2. The van der Waals surface area contributed by atoms with Gasteiger partial charge in [-0.05, 0) is 48.2 Å². The molecule has 0 fully saturated rings. The topological polar surface area (TPSA) is 52.6 Å². The Labute approximate surface area is 173 Å². The molecule has 0 radical (unpaired) electrons. The van der Waals surface area contributed by atoms with Crippen LogP contribution in [0.15, 0.2) is 24.3 Å². The normalized spacial score (nSPS) is 11.4. The molecule has 0 aliphatic carbocycles. The van der Waals surface area contributed by atoms with Gasteiger partial charge in [0, 0.05) is 0 Å². The van der Waals surface area contributed by atoms with Gasteiger partial charge in [0.1, 0.15) is 13.2 Å². The average Bonchev–Trinajstić information content (AvgIpc) is 2.73. The third-order valence-electron chi connectivity index (χ3n) is 4.82. The summed E-state index contributed by atoms with van der Waals surface area (Å²) in [7, 11) is 0. The van der Waals surface area contributed by atoms with Gasteiger partial charge in [0.2, 0.25) is 0 Å². The largest absolute Gasteiger partial charge is 0.460 e. The van der Waals surface area contributed by atoms with Crippen LogP contribution in [0.1, 0.15) is 37.8 Å². The molecule has 0 aliphatic heterocycles. The van der Waals surface area contributed by atoms with E-state index >= 15 is 0 Å². The molecule has 0 aliphatic rings. The summed E-state index contributed by atoms with van der Waals surface area (Å²) in [5.74, 6) is -11.4. The van der Waals surface area contributed by atoms with Crippen molar-refractivity contribution in [1.82, 2.24) is 0 Å². The maximum atomic E-state index is 13.3. The van der Waals surface area contributed by atoms with E-state index in [9.17, 15) is 35.9 Å². The van der Waals surface area contributed by atoms with E-state index in [-0.39, 0.29) is 24.0 Å². The SMILES string of the molecule is CCC(CC)(C(=O)OCc1cc(F)c(F)c(F)c1)C(=O)OCc1cc(F)c(F)c(F)c1. The Hall–Kier alpha value is -3.04. The summed E-state index contributed by atoms with van der Waals surface area (Å²) in [6, 6.07) is 2.56. The quantitative estimate of drug-likeness (QED) is 0.244. The lowest BCUT2D eigenvalue weighted by molar-refractivity contribution is -0.175. The summed E-state index contributed by atoms with van der Waals surface area (Å²) in [4.78, 5) is 25.2.